The van der Waals surface area contributed by atoms with E-state index in [9.17, 15) is 0 Å². The number of benzene rings is 5. The summed E-state index contributed by atoms with van der Waals surface area (Å²) >= 11 is 7.54. The van der Waals surface area contributed by atoms with Gasteiger partial charge in [0, 0.05) is 8.95 Å². The molecule has 0 aromatic heterocycles. The van der Waals surface area contributed by atoms with Gasteiger partial charge in [-0.15, -0.1) is 0 Å². The maximum absolute atomic E-state index is 3.79. The predicted octanol–water partition coefficient (Wildman–Crippen LogP) is 7.78. The van der Waals surface area contributed by atoms with Gasteiger partial charge in [-0.2, -0.15) is 0 Å². The molecule has 0 aliphatic heterocycles. The molecule has 0 saturated carbocycles. The molecule has 0 amide bonds. The van der Waals surface area contributed by atoms with Crippen molar-refractivity contribution >= 4 is 64.2 Å². The van der Waals surface area contributed by atoms with Gasteiger partial charge >= 0.3 is 0 Å². The van der Waals surface area contributed by atoms with Crippen LogP contribution in [0.2, 0.25) is 0 Å². The molecule has 0 atom stereocenters. The summed E-state index contributed by atoms with van der Waals surface area (Å²) in [4.78, 5) is 0. The predicted molar refractivity (Wildman–Crippen MR) is 111 cm³/mol. The molecular weight excluding hydrogens is 424 g/mol. The maximum atomic E-state index is 3.79. The molecular formula is C22H12Br2. The van der Waals surface area contributed by atoms with Gasteiger partial charge in [0.2, 0.25) is 0 Å². The average molecular weight is 436 g/mol. The van der Waals surface area contributed by atoms with E-state index in [-0.39, 0.29) is 0 Å². The molecule has 0 fully saturated rings. The summed E-state index contributed by atoms with van der Waals surface area (Å²) < 4.78 is 2.29. The molecule has 0 radical (unpaired) electrons. The van der Waals surface area contributed by atoms with Gasteiger partial charge in [0.15, 0.2) is 0 Å². The van der Waals surface area contributed by atoms with Crippen LogP contribution in [0.15, 0.2) is 81.7 Å². The highest BCUT2D eigenvalue weighted by Crippen LogP contribution is 2.44. The summed E-state index contributed by atoms with van der Waals surface area (Å²) in [5, 5.41) is 7.75. The third kappa shape index (κ3) is 1.96. The fourth-order valence-electron chi connectivity index (χ4n) is 3.69. The Bertz CT molecular complexity index is 1190. The summed E-state index contributed by atoms with van der Waals surface area (Å²) in [6.07, 6.45) is 0. The van der Waals surface area contributed by atoms with Crippen LogP contribution in [0.1, 0.15) is 0 Å². The second-order valence-electron chi connectivity index (χ2n) is 6.07. The van der Waals surface area contributed by atoms with Crippen LogP contribution < -0.4 is 0 Å². The van der Waals surface area contributed by atoms with Crippen LogP contribution in [0, 0.1) is 0 Å². The monoisotopic (exact) mass is 434 g/mol. The minimum atomic E-state index is 1.14. The zero-order chi connectivity index (χ0) is 16.3. The van der Waals surface area contributed by atoms with Gasteiger partial charge in [-0.05, 0) is 55.6 Å². The Kier molecular flexibility index (Phi) is 3.19. The Balaban J connectivity index is 2.07. The zero-order valence-electron chi connectivity index (χ0n) is 12.7. The van der Waals surface area contributed by atoms with Gasteiger partial charge < -0.3 is 0 Å². The van der Waals surface area contributed by atoms with E-state index in [1.165, 1.54) is 43.4 Å². The summed E-state index contributed by atoms with van der Waals surface area (Å²) in [7, 11) is 0. The van der Waals surface area contributed by atoms with Crippen LogP contribution in [-0.4, -0.2) is 0 Å². The van der Waals surface area contributed by atoms with Crippen LogP contribution >= 0.6 is 31.9 Å². The largest absolute Gasteiger partial charge is 0.0622 e. The number of rotatable bonds is 1. The molecule has 0 unspecified atom stereocenters. The van der Waals surface area contributed by atoms with Gasteiger partial charge in [-0.1, -0.05) is 92.5 Å². The molecule has 5 aromatic rings. The molecule has 0 aliphatic rings. The lowest BCUT2D eigenvalue weighted by molar-refractivity contribution is 1.66. The molecule has 24 heavy (non-hydrogen) atoms. The summed E-state index contributed by atoms with van der Waals surface area (Å²) in [6.45, 7) is 0. The van der Waals surface area contributed by atoms with E-state index in [0.29, 0.717) is 0 Å². The summed E-state index contributed by atoms with van der Waals surface area (Å²) in [6, 6.07) is 26.1. The molecule has 0 heterocycles. The first-order valence-electron chi connectivity index (χ1n) is 7.85. The average Bonchev–Trinajstić information content (AvgIpc) is 2.62. The first kappa shape index (κ1) is 14.4. The normalized spacial score (nSPS) is 11.8. The summed E-state index contributed by atoms with van der Waals surface area (Å²) in [5.74, 6) is 0. The summed E-state index contributed by atoms with van der Waals surface area (Å²) in [5.41, 5.74) is 2.53. The van der Waals surface area contributed by atoms with Crippen molar-refractivity contribution in [2.24, 2.45) is 0 Å². The minimum absolute atomic E-state index is 1.14. The second-order valence-corrected chi connectivity index (χ2v) is 7.78. The first-order valence-corrected chi connectivity index (χ1v) is 9.43. The highest BCUT2D eigenvalue weighted by molar-refractivity contribution is 9.11. The van der Waals surface area contributed by atoms with E-state index in [1.54, 1.807) is 0 Å². The lowest BCUT2D eigenvalue weighted by Gasteiger charge is -2.16. The van der Waals surface area contributed by atoms with Crippen molar-refractivity contribution in [2.75, 3.05) is 0 Å². The van der Waals surface area contributed by atoms with Crippen LogP contribution in [0.25, 0.3) is 43.4 Å². The molecule has 114 valence electrons. The molecule has 0 aliphatic carbocycles. The molecule has 0 bridgehead atoms. The van der Waals surface area contributed by atoms with Gasteiger partial charge in [0.05, 0.1) is 0 Å². The van der Waals surface area contributed by atoms with E-state index in [4.69, 9.17) is 0 Å². The van der Waals surface area contributed by atoms with E-state index in [2.05, 4.69) is 105 Å². The highest BCUT2D eigenvalue weighted by Gasteiger charge is 2.15. The molecule has 0 N–H and O–H groups in total. The number of hydrogen-bond donors (Lipinski definition) is 0. The van der Waals surface area contributed by atoms with E-state index in [0.717, 1.165) is 8.95 Å². The quantitative estimate of drug-likeness (QED) is 0.236. The number of halogens is 2. The fraction of sp³-hybridized carbons (Fsp3) is 0. The van der Waals surface area contributed by atoms with Crippen molar-refractivity contribution in [3.63, 3.8) is 0 Å². The van der Waals surface area contributed by atoms with E-state index >= 15 is 0 Å². The highest BCUT2D eigenvalue weighted by atomic mass is 79.9. The van der Waals surface area contributed by atoms with E-state index < -0.39 is 0 Å². The van der Waals surface area contributed by atoms with E-state index in [1.807, 2.05) is 0 Å². The Morgan fingerprint density at radius 1 is 0.542 bits per heavy atom. The lowest BCUT2D eigenvalue weighted by atomic mass is 9.90. The van der Waals surface area contributed by atoms with Crippen LogP contribution in [0.3, 0.4) is 0 Å². The Labute approximate surface area is 156 Å². The molecule has 5 aromatic carbocycles. The van der Waals surface area contributed by atoms with Gasteiger partial charge in [-0.25, -0.2) is 0 Å². The zero-order valence-corrected chi connectivity index (χ0v) is 15.9. The Morgan fingerprint density at radius 3 is 2.00 bits per heavy atom. The van der Waals surface area contributed by atoms with Gasteiger partial charge in [0.25, 0.3) is 0 Å². The van der Waals surface area contributed by atoms with Crippen LogP contribution in [-0.2, 0) is 0 Å². The first-order chi connectivity index (χ1) is 11.7. The standard InChI is InChI=1S/C22H12Br2/c23-19-11-14-9-10-15(13-5-2-1-3-6-13)18-12-20(24)17-8-4-7-16(19)22(17)21(14)18/h1-12H. The number of hydrogen-bond acceptors (Lipinski definition) is 0. The minimum Gasteiger partial charge on any atom is -0.0622 e. The third-order valence-electron chi connectivity index (χ3n) is 4.74. The SMILES string of the molecule is Brc1cc2ccc(-c3ccccc3)c3cc(Br)c4cccc1c4c23. The third-order valence-corrected chi connectivity index (χ3v) is 6.06. The molecule has 0 saturated heterocycles. The van der Waals surface area contributed by atoms with Gasteiger partial charge in [0.1, 0.15) is 0 Å². The molecule has 0 spiro atoms. The smallest absolute Gasteiger partial charge is 0.0260 e. The maximum Gasteiger partial charge on any atom is 0.0260 e. The lowest BCUT2D eigenvalue weighted by Crippen LogP contribution is -1.89. The van der Waals surface area contributed by atoms with Crippen LogP contribution in [0.5, 0.6) is 0 Å². The Morgan fingerprint density at radius 2 is 1.25 bits per heavy atom. The second kappa shape index (κ2) is 5.30. The van der Waals surface area contributed by atoms with Crippen LogP contribution in [0.4, 0.5) is 0 Å². The van der Waals surface area contributed by atoms with Crippen molar-refractivity contribution in [1.29, 1.82) is 0 Å². The molecule has 2 heteroatoms. The molecule has 0 nitrogen and oxygen atoms in total. The van der Waals surface area contributed by atoms with Crippen molar-refractivity contribution in [1.82, 2.24) is 0 Å². The topological polar surface area (TPSA) is 0 Å². The van der Waals surface area contributed by atoms with Crippen molar-refractivity contribution in [3.05, 3.63) is 81.7 Å². The fourth-order valence-corrected chi connectivity index (χ4v) is 4.83. The molecule has 5 rings (SSSR count). The van der Waals surface area contributed by atoms with Crippen molar-refractivity contribution in [3.8, 4) is 11.1 Å². The Hall–Kier alpha value is -1.90. The van der Waals surface area contributed by atoms with Crippen molar-refractivity contribution in [2.45, 2.75) is 0 Å². The van der Waals surface area contributed by atoms with Gasteiger partial charge in [-0.3, -0.25) is 0 Å². The van der Waals surface area contributed by atoms with Crippen molar-refractivity contribution < 1.29 is 0 Å².